The fourth-order valence-corrected chi connectivity index (χ4v) is 3.37. The summed E-state index contributed by atoms with van der Waals surface area (Å²) in [6, 6.07) is 29.1. The molecule has 1 atom stereocenters. The highest BCUT2D eigenvalue weighted by Crippen LogP contribution is 2.16. The standard InChI is InChI=1S/C26H25NO2S/c1-2-29-26(28)24(18-20-12-6-3-7-13-20)27-23(21-14-8-4-9-15-21)19-25(30)22-16-10-5-11-17-22/h3-17,19,24,27H,2,18H2,1H3/b23-19+/t24-/m0/s1. The largest absolute Gasteiger partial charge is 0.464 e. The van der Waals surface area contributed by atoms with Crippen molar-refractivity contribution in [2.24, 2.45) is 0 Å². The maximum absolute atomic E-state index is 12.7. The number of thiocarbonyl (C=S) groups is 1. The van der Waals surface area contributed by atoms with Crippen molar-refractivity contribution in [1.29, 1.82) is 0 Å². The van der Waals surface area contributed by atoms with E-state index in [1.165, 1.54) is 0 Å². The highest BCUT2D eigenvalue weighted by molar-refractivity contribution is 7.81. The third kappa shape index (κ3) is 6.13. The van der Waals surface area contributed by atoms with Gasteiger partial charge in [-0.05, 0) is 29.7 Å². The van der Waals surface area contributed by atoms with Gasteiger partial charge in [0.1, 0.15) is 6.04 Å². The molecule has 3 aromatic rings. The summed E-state index contributed by atoms with van der Waals surface area (Å²) in [6.07, 6.45) is 2.43. The van der Waals surface area contributed by atoms with Gasteiger partial charge < -0.3 is 10.1 Å². The summed E-state index contributed by atoms with van der Waals surface area (Å²) in [5.74, 6) is -0.284. The first-order valence-corrected chi connectivity index (χ1v) is 10.4. The molecule has 0 saturated carbocycles. The fraction of sp³-hybridized carbons (Fsp3) is 0.154. The van der Waals surface area contributed by atoms with E-state index >= 15 is 0 Å². The summed E-state index contributed by atoms with van der Waals surface area (Å²) in [5, 5.41) is 3.40. The molecule has 0 saturated heterocycles. The van der Waals surface area contributed by atoms with E-state index in [2.05, 4.69) is 5.32 Å². The van der Waals surface area contributed by atoms with Crippen molar-refractivity contribution in [3.8, 4) is 0 Å². The molecule has 4 heteroatoms. The van der Waals surface area contributed by atoms with Gasteiger partial charge in [-0.15, -0.1) is 0 Å². The van der Waals surface area contributed by atoms with Crippen LogP contribution in [0.25, 0.3) is 5.70 Å². The average molecular weight is 416 g/mol. The number of nitrogens with one attached hydrogen (secondary N) is 1. The number of hydrogen-bond donors (Lipinski definition) is 1. The number of hydrogen-bond acceptors (Lipinski definition) is 4. The van der Waals surface area contributed by atoms with E-state index in [9.17, 15) is 4.79 Å². The fourth-order valence-electron chi connectivity index (χ4n) is 3.12. The lowest BCUT2D eigenvalue weighted by atomic mass is 10.0. The zero-order valence-electron chi connectivity index (χ0n) is 17.0. The van der Waals surface area contributed by atoms with Gasteiger partial charge in [-0.3, -0.25) is 0 Å². The van der Waals surface area contributed by atoms with Gasteiger partial charge in [-0.2, -0.15) is 0 Å². The first kappa shape index (κ1) is 21.5. The van der Waals surface area contributed by atoms with Crippen LogP contribution in [0.15, 0.2) is 97.1 Å². The molecule has 3 aromatic carbocycles. The third-order valence-electron chi connectivity index (χ3n) is 4.60. The van der Waals surface area contributed by atoms with E-state index in [-0.39, 0.29) is 5.97 Å². The van der Waals surface area contributed by atoms with Gasteiger partial charge in [-0.25, -0.2) is 4.79 Å². The third-order valence-corrected chi connectivity index (χ3v) is 4.96. The Morgan fingerprint density at radius 1 is 0.900 bits per heavy atom. The smallest absolute Gasteiger partial charge is 0.328 e. The van der Waals surface area contributed by atoms with Gasteiger partial charge in [0, 0.05) is 17.0 Å². The number of rotatable bonds is 9. The molecule has 0 spiro atoms. The van der Waals surface area contributed by atoms with E-state index in [0.717, 1.165) is 22.4 Å². The zero-order chi connectivity index (χ0) is 21.2. The van der Waals surface area contributed by atoms with Crippen LogP contribution < -0.4 is 5.32 Å². The van der Waals surface area contributed by atoms with Crippen molar-refractivity contribution in [3.05, 3.63) is 114 Å². The van der Waals surface area contributed by atoms with Crippen LogP contribution in [-0.4, -0.2) is 23.5 Å². The van der Waals surface area contributed by atoms with Gasteiger partial charge in [0.15, 0.2) is 0 Å². The lowest BCUT2D eigenvalue weighted by molar-refractivity contribution is -0.145. The molecule has 0 heterocycles. The molecule has 30 heavy (non-hydrogen) atoms. The minimum atomic E-state index is -0.530. The van der Waals surface area contributed by atoms with Crippen LogP contribution in [0.2, 0.25) is 0 Å². The SMILES string of the molecule is CCOC(=O)[C@H](Cc1ccccc1)N/C(=C/C(=S)c1ccccc1)c1ccccc1. The van der Waals surface area contributed by atoms with Crippen LogP contribution in [0.5, 0.6) is 0 Å². The second-order valence-corrected chi connectivity index (χ2v) is 7.23. The van der Waals surface area contributed by atoms with Crippen molar-refractivity contribution < 1.29 is 9.53 Å². The summed E-state index contributed by atoms with van der Waals surface area (Å²) < 4.78 is 5.34. The van der Waals surface area contributed by atoms with Gasteiger partial charge in [0.05, 0.1) is 6.61 Å². The first-order chi connectivity index (χ1) is 14.7. The second kappa shape index (κ2) is 11.1. The molecular weight excluding hydrogens is 390 g/mol. The highest BCUT2D eigenvalue weighted by atomic mass is 32.1. The van der Waals surface area contributed by atoms with Crippen molar-refractivity contribution >= 4 is 28.7 Å². The van der Waals surface area contributed by atoms with Crippen LogP contribution in [0.1, 0.15) is 23.6 Å². The Morgan fingerprint density at radius 3 is 2.00 bits per heavy atom. The van der Waals surface area contributed by atoms with Crippen molar-refractivity contribution in [1.82, 2.24) is 5.32 Å². The van der Waals surface area contributed by atoms with E-state index in [0.29, 0.717) is 17.9 Å². The van der Waals surface area contributed by atoms with Crippen LogP contribution in [0.4, 0.5) is 0 Å². The Bertz CT molecular complexity index is 985. The molecular formula is C26H25NO2S. The summed E-state index contributed by atoms with van der Waals surface area (Å²) in [7, 11) is 0. The quantitative estimate of drug-likeness (QED) is 0.225. The summed E-state index contributed by atoms with van der Waals surface area (Å²) in [6.45, 7) is 2.15. The average Bonchev–Trinajstić information content (AvgIpc) is 2.80. The van der Waals surface area contributed by atoms with Gasteiger partial charge >= 0.3 is 5.97 Å². The molecule has 1 N–H and O–H groups in total. The summed E-state index contributed by atoms with van der Waals surface area (Å²) in [5.41, 5.74) is 3.76. The molecule has 0 bridgehead atoms. The number of benzene rings is 3. The summed E-state index contributed by atoms with van der Waals surface area (Å²) >= 11 is 5.66. The van der Waals surface area contributed by atoms with Crippen molar-refractivity contribution in [2.75, 3.05) is 6.61 Å². The van der Waals surface area contributed by atoms with Gasteiger partial charge in [0.25, 0.3) is 0 Å². The molecule has 0 fully saturated rings. The number of esters is 1. The monoisotopic (exact) mass is 415 g/mol. The number of carbonyl (C=O) groups excluding carboxylic acids is 1. The molecule has 0 amide bonds. The minimum absolute atomic E-state index is 0.284. The second-order valence-electron chi connectivity index (χ2n) is 6.79. The van der Waals surface area contributed by atoms with E-state index in [1.807, 2.05) is 104 Å². The summed E-state index contributed by atoms with van der Waals surface area (Å²) in [4.78, 5) is 13.4. The van der Waals surface area contributed by atoms with Gasteiger partial charge in [-0.1, -0.05) is 103 Å². The predicted octanol–water partition coefficient (Wildman–Crippen LogP) is 5.21. The van der Waals surface area contributed by atoms with E-state index in [4.69, 9.17) is 17.0 Å². The Labute approximate surface area is 183 Å². The topological polar surface area (TPSA) is 38.3 Å². The Morgan fingerprint density at radius 2 is 1.43 bits per heavy atom. The van der Waals surface area contributed by atoms with Crippen LogP contribution in [0.3, 0.4) is 0 Å². The van der Waals surface area contributed by atoms with Crippen LogP contribution in [0, 0.1) is 0 Å². The molecule has 0 aliphatic carbocycles. The molecule has 3 nitrogen and oxygen atoms in total. The zero-order valence-corrected chi connectivity index (χ0v) is 17.8. The van der Waals surface area contributed by atoms with Crippen molar-refractivity contribution in [3.63, 3.8) is 0 Å². The molecule has 0 aliphatic rings. The lowest BCUT2D eigenvalue weighted by Gasteiger charge is -2.21. The first-order valence-electron chi connectivity index (χ1n) is 10.0. The molecule has 3 rings (SSSR count). The predicted molar refractivity (Wildman–Crippen MR) is 126 cm³/mol. The molecule has 0 radical (unpaired) electrons. The highest BCUT2D eigenvalue weighted by Gasteiger charge is 2.22. The van der Waals surface area contributed by atoms with E-state index in [1.54, 1.807) is 0 Å². The number of allylic oxidation sites excluding steroid dienone is 1. The maximum atomic E-state index is 12.7. The molecule has 0 aliphatic heterocycles. The minimum Gasteiger partial charge on any atom is -0.464 e. The molecule has 0 unspecified atom stereocenters. The maximum Gasteiger partial charge on any atom is 0.328 e. The normalized spacial score (nSPS) is 12.1. The van der Waals surface area contributed by atoms with Crippen molar-refractivity contribution in [2.45, 2.75) is 19.4 Å². The Hall–Kier alpha value is -3.24. The number of ether oxygens (including phenoxy) is 1. The van der Waals surface area contributed by atoms with Crippen LogP contribution >= 0.6 is 12.2 Å². The Kier molecular flexibility index (Phi) is 7.93. The van der Waals surface area contributed by atoms with Crippen LogP contribution in [-0.2, 0) is 16.0 Å². The molecule has 152 valence electrons. The number of carbonyl (C=O) groups is 1. The van der Waals surface area contributed by atoms with E-state index < -0.39 is 6.04 Å². The molecule has 0 aromatic heterocycles. The Balaban J connectivity index is 1.93. The lowest BCUT2D eigenvalue weighted by Crippen LogP contribution is -2.39. The van der Waals surface area contributed by atoms with Gasteiger partial charge in [0.2, 0.25) is 0 Å².